The van der Waals surface area contributed by atoms with Crippen LogP contribution in [0, 0.1) is 11.3 Å². The highest BCUT2D eigenvalue weighted by Crippen LogP contribution is 2.54. The van der Waals surface area contributed by atoms with Gasteiger partial charge < -0.3 is 33.7 Å². The van der Waals surface area contributed by atoms with Crippen LogP contribution in [0.1, 0.15) is 60.0 Å². The van der Waals surface area contributed by atoms with E-state index in [0.29, 0.717) is 28.2 Å². The Morgan fingerprint density at radius 2 is 1.52 bits per heavy atom. The van der Waals surface area contributed by atoms with Crippen molar-refractivity contribution in [2.75, 3.05) is 46.0 Å². The number of hydrogen-bond donors (Lipinski definition) is 1. The van der Waals surface area contributed by atoms with Crippen LogP contribution in [0.4, 0.5) is 5.82 Å². The highest BCUT2D eigenvalue weighted by Gasteiger charge is 2.47. The minimum absolute atomic E-state index is 0.0731. The number of nitriles is 1. The van der Waals surface area contributed by atoms with Gasteiger partial charge >= 0.3 is 7.82 Å². The number of nitrogens with zero attached hydrogens (tertiary/aromatic N) is 5. The van der Waals surface area contributed by atoms with E-state index in [2.05, 4.69) is 20.3 Å². The summed E-state index contributed by atoms with van der Waals surface area (Å²) in [7, 11) is -1.23. The van der Waals surface area contributed by atoms with Gasteiger partial charge in [0.05, 0.1) is 59.5 Å². The molecule has 2 saturated heterocycles. The van der Waals surface area contributed by atoms with E-state index in [4.69, 9.17) is 42.0 Å². The first-order chi connectivity index (χ1) is 31.5. The maximum atomic E-state index is 14.7. The van der Waals surface area contributed by atoms with E-state index in [-0.39, 0.29) is 51.0 Å². The van der Waals surface area contributed by atoms with Crippen molar-refractivity contribution in [2.24, 2.45) is 0 Å². The topological polar surface area (TPSA) is 197 Å². The van der Waals surface area contributed by atoms with E-state index >= 15 is 0 Å². The molecule has 17 nitrogen and oxygen atoms in total. The van der Waals surface area contributed by atoms with Crippen LogP contribution in [0.15, 0.2) is 122 Å². The third-order valence-electron chi connectivity index (χ3n) is 11.0. The first-order valence-corrected chi connectivity index (χ1v) is 22.4. The van der Waals surface area contributed by atoms with Crippen molar-refractivity contribution in [3.05, 3.63) is 144 Å². The molecule has 338 valence electrons. The molecule has 1 N–H and O–H groups in total. The van der Waals surface area contributed by atoms with Gasteiger partial charge in [-0.2, -0.15) is 5.26 Å². The molecule has 65 heavy (non-hydrogen) atoms. The summed E-state index contributed by atoms with van der Waals surface area (Å²) in [6, 6.07) is 35.7. The van der Waals surface area contributed by atoms with E-state index in [1.54, 1.807) is 56.9 Å². The maximum Gasteiger partial charge on any atom is 0.475 e. The van der Waals surface area contributed by atoms with Crippen LogP contribution >= 0.6 is 7.82 Å². The van der Waals surface area contributed by atoms with E-state index < -0.39 is 43.8 Å². The lowest BCUT2D eigenvalue weighted by Crippen LogP contribution is -2.38. The van der Waals surface area contributed by atoms with Crippen LogP contribution < -0.4 is 14.8 Å². The van der Waals surface area contributed by atoms with Crippen LogP contribution in [-0.2, 0) is 42.7 Å². The van der Waals surface area contributed by atoms with Crippen molar-refractivity contribution in [2.45, 2.75) is 62.6 Å². The number of phosphoric acid groups is 1. The molecule has 2 aliphatic rings. The van der Waals surface area contributed by atoms with Crippen molar-refractivity contribution in [3.8, 4) is 17.6 Å². The number of hydrogen-bond acceptors (Lipinski definition) is 15. The number of carbonyl (C=O) groups excluding carboxylic acids is 1. The molecule has 0 saturated carbocycles. The standard InChI is InChI=1S/C47H49N6O11P/c1-46(2)58-27-38(63-46)28-61-65(55,60-25-11-24-48)64-39-26-41(53-31-51-42-43(49-30-50-44(42)53)52-45(54)32-12-7-5-8-13-32)62-40(39)29-59-47(33-14-9-6-10-15-33,34-16-20-36(56-3)21-17-34)35-18-22-37(57-4)23-19-35/h5-10,12-23,30-31,38-41H,11,25-29H2,1-4H3,(H,49,50,52,54)/t38-,39+,40-,41-,65?/m1/s1. The minimum atomic E-state index is -4.44. The zero-order valence-corrected chi connectivity index (χ0v) is 37.2. The van der Waals surface area contributed by atoms with Crippen LogP contribution in [-0.4, -0.2) is 90.2 Å². The van der Waals surface area contributed by atoms with Crippen molar-refractivity contribution >= 4 is 30.7 Å². The molecule has 0 bridgehead atoms. The lowest BCUT2D eigenvalue weighted by atomic mass is 9.80. The number of carbonyl (C=O) groups is 1. The molecule has 0 radical (unpaired) electrons. The molecular formula is C47H49N6O11P. The fraction of sp³-hybridized carbons (Fsp3) is 0.340. The predicted octanol–water partition coefficient (Wildman–Crippen LogP) is 7.98. The molecule has 1 amide bonds. The highest BCUT2D eigenvalue weighted by atomic mass is 31.2. The molecule has 2 aromatic heterocycles. The summed E-state index contributed by atoms with van der Waals surface area (Å²) in [5.74, 6) is 0.278. The van der Waals surface area contributed by atoms with Crippen LogP contribution in [0.2, 0.25) is 0 Å². The summed E-state index contributed by atoms with van der Waals surface area (Å²) in [4.78, 5) is 26.6. The highest BCUT2D eigenvalue weighted by molar-refractivity contribution is 7.48. The first kappa shape index (κ1) is 45.5. The zero-order chi connectivity index (χ0) is 45.4. The second-order valence-electron chi connectivity index (χ2n) is 15.6. The lowest BCUT2D eigenvalue weighted by molar-refractivity contribution is -0.142. The molecular weight excluding hydrogens is 856 g/mol. The average Bonchev–Trinajstić information content (AvgIpc) is 4.05. The number of methoxy groups -OCH3 is 2. The molecule has 0 spiro atoms. The van der Waals surface area contributed by atoms with Gasteiger partial charge in [0.2, 0.25) is 0 Å². The van der Waals surface area contributed by atoms with Gasteiger partial charge in [0.15, 0.2) is 22.8 Å². The Labute approximate surface area is 376 Å². The minimum Gasteiger partial charge on any atom is -0.497 e. The second-order valence-corrected chi connectivity index (χ2v) is 17.2. The Morgan fingerprint density at radius 3 is 2.14 bits per heavy atom. The van der Waals surface area contributed by atoms with E-state index in [9.17, 15) is 14.6 Å². The quantitative estimate of drug-likeness (QED) is 0.0466. The lowest BCUT2D eigenvalue weighted by Gasteiger charge is -2.37. The average molecular weight is 905 g/mol. The number of rotatable bonds is 19. The molecule has 0 aliphatic carbocycles. The predicted molar refractivity (Wildman–Crippen MR) is 236 cm³/mol. The van der Waals surface area contributed by atoms with E-state index in [1.165, 1.54) is 12.7 Å². The van der Waals surface area contributed by atoms with Crippen molar-refractivity contribution in [3.63, 3.8) is 0 Å². The number of fused-ring (bicyclic) bond motifs is 1. The molecule has 2 fully saturated rings. The number of imidazole rings is 1. The number of amides is 1. The summed E-state index contributed by atoms with van der Waals surface area (Å²) in [6.45, 7) is 3.19. The van der Waals surface area contributed by atoms with Gasteiger partial charge in [-0.15, -0.1) is 0 Å². The van der Waals surface area contributed by atoms with Crippen LogP contribution in [0.5, 0.6) is 11.5 Å². The molecule has 4 heterocycles. The van der Waals surface area contributed by atoms with Gasteiger partial charge in [-0.1, -0.05) is 72.8 Å². The van der Waals surface area contributed by atoms with Gasteiger partial charge in [-0.05, 0) is 66.9 Å². The Morgan fingerprint density at radius 1 is 0.877 bits per heavy atom. The van der Waals surface area contributed by atoms with Gasteiger partial charge in [0.1, 0.15) is 48.0 Å². The summed E-state index contributed by atoms with van der Waals surface area (Å²) >= 11 is 0. The molecule has 2 aliphatic heterocycles. The Kier molecular flexibility index (Phi) is 14.0. The number of phosphoric ester groups is 1. The Hall–Kier alpha value is -6.06. The second kappa shape index (κ2) is 20.0. The summed E-state index contributed by atoms with van der Waals surface area (Å²) in [6.07, 6.45) is -0.450. The number of benzene rings is 4. The van der Waals surface area contributed by atoms with Gasteiger partial charge in [0.25, 0.3) is 5.91 Å². The molecule has 18 heteroatoms. The molecule has 8 rings (SSSR count). The molecule has 6 aromatic rings. The summed E-state index contributed by atoms with van der Waals surface area (Å²) in [5, 5.41) is 12.2. The fourth-order valence-corrected chi connectivity index (χ4v) is 9.24. The first-order valence-electron chi connectivity index (χ1n) is 21.0. The van der Waals surface area contributed by atoms with Gasteiger partial charge in [-0.25, -0.2) is 19.5 Å². The third kappa shape index (κ3) is 10.3. The Balaban J connectivity index is 1.16. The SMILES string of the molecule is COc1ccc(C(OC[C@H]2O[C@@H](n3cnc4c(NC(=O)c5ccccc5)ncnc43)C[C@@H]2OP(=O)(OCCC#N)OC[C@H]2COC(C)(C)O2)(c2ccccc2)c2ccc(OC)cc2)cc1. The zero-order valence-electron chi connectivity index (χ0n) is 36.3. The monoisotopic (exact) mass is 904 g/mol. The largest absolute Gasteiger partial charge is 0.497 e. The fourth-order valence-electron chi connectivity index (χ4n) is 7.82. The Bertz CT molecular complexity index is 2580. The van der Waals surface area contributed by atoms with E-state index in [0.717, 1.165) is 16.7 Å². The summed E-state index contributed by atoms with van der Waals surface area (Å²) in [5.41, 5.74) is 2.22. The number of anilines is 1. The van der Waals surface area contributed by atoms with Crippen molar-refractivity contribution in [1.29, 1.82) is 5.26 Å². The number of ether oxygens (including phenoxy) is 6. The molecule has 4 aromatic carbocycles. The molecule has 5 atom stereocenters. The van der Waals surface area contributed by atoms with Crippen molar-refractivity contribution in [1.82, 2.24) is 19.5 Å². The van der Waals surface area contributed by atoms with Crippen LogP contribution in [0.3, 0.4) is 0 Å². The number of nitrogens with one attached hydrogen (secondary N) is 1. The number of aromatic nitrogens is 4. The van der Waals surface area contributed by atoms with Gasteiger partial charge in [-0.3, -0.25) is 22.9 Å². The molecule has 1 unspecified atom stereocenters. The van der Waals surface area contributed by atoms with Crippen molar-refractivity contribution < 1.29 is 51.4 Å². The third-order valence-corrected chi connectivity index (χ3v) is 12.5. The smallest absolute Gasteiger partial charge is 0.475 e. The van der Waals surface area contributed by atoms with Crippen LogP contribution in [0.25, 0.3) is 11.2 Å². The maximum absolute atomic E-state index is 14.7. The van der Waals surface area contributed by atoms with Gasteiger partial charge in [0, 0.05) is 12.0 Å². The summed E-state index contributed by atoms with van der Waals surface area (Å²) < 4.78 is 71.3. The van der Waals surface area contributed by atoms with E-state index in [1.807, 2.05) is 91.0 Å². The normalized spacial score (nSPS) is 20.2.